The molecule has 0 bridgehead atoms. The molecule has 0 spiro atoms. The second-order valence-electron chi connectivity index (χ2n) is 2.85. The quantitative estimate of drug-likeness (QED) is 0.745. The van der Waals surface area contributed by atoms with Crippen LogP contribution in [0.25, 0.3) is 10.1 Å². The Kier molecular flexibility index (Phi) is 3.00. The third-order valence-electron chi connectivity index (χ3n) is 2.09. The maximum absolute atomic E-state index is 5.88. The van der Waals surface area contributed by atoms with Crippen LogP contribution in [-0.4, -0.2) is 7.11 Å². The summed E-state index contributed by atoms with van der Waals surface area (Å²) in [6, 6.07) is 4.05. The maximum atomic E-state index is 5.88. The van der Waals surface area contributed by atoms with Crippen LogP contribution in [0.3, 0.4) is 0 Å². The maximum Gasteiger partial charge on any atom is 0.137 e. The molecule has 0 saturated carbocycles. The van der Waals surface area contributed by atoms with Crippen LogP contribution in [0.15, 0.2) is 22.0 Å². The number of ether oxygens (including phenoxy) is 1. The minimum atomic E-state index is 0.511. The van der Waals surface area contributed by atoms with Gasteiger partial charge in [0, 0.05) is 21.1 Å². The van der Waals surface area contributed by atoms with Gasteiger partial charge in [-0.3, -0.25) is 0 Å². The topological polar surface area (TPSA) is 9.23 Å². The summed E-state index contributed by atoms with van der Waals surface area (Å²) in [6.07, 6.45) is 0. The fourth-order valence-electron chi connectivity index (χ4n) is 1.42. The van der Waals surface area contributed by atoms with Gasteiger partial charge in [0.2, 0.25) is 0 Å². The van der Waals surface area contributed by atoms with Crippen molar-refractivity contribution in [1.82, 2.24) is 0 Å². The summed E-state index contributed by atoms with van der Waals surface area (Å²) in [6.45, 7) is 0. The van der Waals surface area contributed by atoms with Crippen molar-refractivity contribution >= 4 is 49.0 Å². The van der Waals surface area contributed by atoms with E-state index in [-0.39, 0.29) is 0 Å². The third kappa shape index (κ3) is 1.53. The van der Waals surface area contributed by atoms with Crippen molar-refractivity contribution in [2.24, 2.45) is 0 Å². The zero-order chi connectivity index (χ0) is 10.1. The Morgan fingerprint density at radius 3 is 2.93 bits per heavy atom. The zero-order valence-electron chi connectivity index (χ0n) is 7.51. The number of rotatable bonds is 2. The molecule has 1 nitrogen and oxygen atoms in total. The number of fused-ring (bicyclic) bond motifs is 1. The minimum absolute atomic E-state index is 0.511. The summed E-state index contributed by atoms with van der Waals surface area (Å²) in [5, 5.41) is 3.13. The predicted octanol–water partition coefficient (Wildman–Crippen LogP) is 4.41. The monoisotopic (exact) mass is 290 g/mol. The first-order chi connectivity index (χ1) is 6.77. The smallest absolute Gasteiger partial charge is 0.137 e. The fourth-order valence-corrected chi connectivity index (χ4v) is 3.22. The van der Waals surface area contributed by atoms with Gasteiger partial charge in [0.1, 0.15) is 5.75 Å². The van der Waals surface area contributed by atoms with Crippen molar-refractivity contribution in [3.05, 3.63) is 27.5 Å². The second kappa shape index (κ2) is 4.09. The van der Waals surface area contributed by atoms with Crippen LogP contribution in [0.2, 0.25) is 0 Å². The van der Waals surface area contributed by atoms with E-state index in [1.165, 1.54) is 4.70 Å². The van der Waals surface area contributed by atoms with Crippen LogP contribution >= 0.6 is 38.9 Å². The number of methoxy groups -OCH3 is 1. The molecule has 0 aliphatic carbocycles. The van der Waals surface area contributed by atoms with Crippen molar-refractivity contribution in [2.45, 2.75) is 5.88 Å². The van der Waals surface area contributed by atoms with Crippen LogP contribution in [-0.2, 0) is 5.88 Å². The van der Waals surface area contributed by atoms with Gasteiger partial charge >= 0.3 is 0 Å². The number of hydrogen-bond acceptors (Lipinski definition) is 2. The van der Waals surface area contributed by atoms with E-state index in [4.69, 9.17) is 16.3 Å². The molecular formula is C10H8BrClOS. The molecule has 0 atom stereocenters. The van der Waals surface area contributed by atoms with Gasteiger partial charge in [-0.15, -0.1) is 22.9 Å². The molecule has 2 aromatic rings. The molecule has 14 heavy (non-hydrogen) atoms. The van der Waals surface area contributed by atoms with Gasteiger partial charge in [-0.1, -0.05) is 6.07 Å². The molecule has 4 heteroatoms. The van der Waals surface area contributed by atoms with Crippen molar-refractivity contribution in [3.8, 4) is 5.75 Å². The van der Waals surface area contributed by atoms with Gasteiger partial charge < -0.3 is 4.74 Å². The van der Waals surface area contributed by atoms with Crippen molar-refractivity contribution in [3.63, 3.8) is 0 Å². The van der Waals surface area contributed by atoms with E-state index in [1.54, 1.807) is 18.4 Å². The first kappa shape index (κ1) is 10.3. The summed E-state index contributed by atoms with van der Waals surface area (Å²) < 4.78 is 7.58. The van der Waals surface area contributed by atoms with Crippen LogP contribution in [0.4, 0.5) is 0 Å². The van der Waals surface area contributed by atoms with E-state index in [1.807, 2.05) is 17.5 Å². The standard InChI is InChI=1S/C10H8BrClOS/c1-13-8-5-14-10-7(11)3-2-6(4-12)9(8)10/h2-3,5H,4H2,1H3. The minimum Gasteiger partial charge on any atom is -0.495 e. The van der Waals surface area contributed by atoms with Gasteiger partial charge in [0.15, 0.2) is 0 Å². The van der Waals surface area contributed by atoms with Crippen molar-refractivity contribution < 1.29 is 4.74 Å². The first-order valence-corrected chi connectivity index (χ1v) is 6.27. The molecule has 0 saturated heterocycles. The van der Waals surface area contributed by atoms with Gasteiger partial charge in [-0.25, -0.2) is 0 Å². The van der Waals surface area contributed by atoms with Gasteiger partial charge in [0.25, 0.3) is 0 Å². The van der Waals surface area contributed by atoms with Crippen LogP contribution in [0.1, 0.15) is 5.56 Å². The number of halogens is 2. The normalized spacial score (nSPS) is 10.8. The van der Waals surface area contributed by atoms with E-state index in [0.717, 1.165) is 21.2 Å². The summed E-state index contributed by atoms with van der Waals surface area (Å²) in [7, 11) is 1.68. The molecule has 2 rings (SSSR count). The molecular weight excluding hydrogens is 284 g/mol. The Bertz CT molecular complexity index is 466. The van der Waals surface area contributed by atoms with Gasteiger partial charge in [0.05, 0.1) is 11.8 Å². The number of thiophene rings is 1. The Hall–Kier alpha value is -0.250. The summed E-state index contributed by atoms with van der Waals surface area (Å²) in [4.78, 5) is 0. The van der Waals surface area contributed by atoms with E-state index in [0.29, 0.717) is 5.88 Å². The number of hydrogen-bond donors (Lipinski definition) is 0. The van der Waals surface area contributed by atoms with Gasteiger partial charge in [-0.05, 0) is 27.6 Å². The van der Waals surface area contributed by atoms with E-state index >= 15 is 0 Å². The average Bonchev–Trinajstić information content (AvgIpc) is 2.63. The Morgan fingerprint density at radius 1 is 1.50 bits per heavy atom. The molecule has 0 aliphatic rings. The van der Waals surface area contributed by atoms with Crippen molar-refractivity contribution in [2.75, 3.05) is 7.11 Å². The van der Waals surface area contributed by atoms with Crippen LogP contribution in [0.5, 0.6) is 5.75 Å². The lowest BCUT2D eigenvalue weighted by Gasteiger charge is -2.03. The molecule has 0 fully saturated rings. The molecule has 74 valence electrons. The van der Waals surface area contributed by atoms with Crippen LogP contribution < -0.4 is 4.74 Å². The highest BCUT2D eigenvalue weighted by atomic mass is 79.9. The molecule has 1 aromatic carbocycles. The molecule has 0 amide bonds. The lowest BCUT2D eigenvalue weighted by Crippen LogP contribution is -1.84. The highest BCUT2D eigenvalue weighted by molar-refractivity contribution is 9.10. The van der Waals surface area contributed by atoms with E-state index in [9.17, 15) is 0 Å². The second-order valence-corrected chi connectivity index (χ2v) is 4.85. The first-order valence-electron chi connectivity index (χ1n) is 4.06. The van der Waals surface area contributed by atoms with Gasteiger partial charge in [-0.2, -0.15) is 0 Å². The average molecular weight is 292 g/mol. The Balaban J connectivity index is 2.82. The highest BCUT2D eigenvalue weighted by Gasteiger charge is 2.11. The largest absolute Gasteiger partial charge is 0.495 e. The number of benzene rings is 1. The third-order valence-corrected chi connectivity index (χ3v) is 4.29. The predicted molar refractivity (Wildman–Crippen MR) is 65.6 cm³/mol. The SMILES string of the molecule is COc1csc2c(Br)ccc(CCl)c12. The van der Waals surface area contributed by atoms with Crippen molar-refractivity contribution in [1.29, 1.82) is 0 Å². The molecule has 0 N–H and O–H groups in total. The molecule has 0 radical (unpaired) electrons. The lowest BCUT2D eigenvalue weighted by molar-refractivity contribution is 0.421. The zero-order valence-corrected chi connectivity index (χ0v) is 10.7. The lowest BCUT2D eigenvalue weighted by atomic mass is 10.1. The summed E-state index contributed by atoms with van der Waals surface area (Å²) in [5.74, 6) is 1.42. The molecule has 0 unspecified atom stereocenters. The summed E-state index contributed by atoms with van der Waals surface area (Å²) in [5.41, 5.74) is 1.11. The fraction of sp³-hybridized carbons (Fsp3) is 0.200. The van der Waals surface area contributed by atoms with E-state index in [2.05, 4.69) is 15.9 Å². The molecule has 1 aromatic heterocycles. The Labute approximate surface area is 99.8 Å². The highest BCUT2D eigenvalue weighted by Crippen LogP contribution is 2.39. The number of alkyl halides is 1. The molecule has 0 aliphatic heterocycles. The molecule has 1 heterocycles. The van der Waals surface area contributed by atoms with Crippen LogP contribution in [0, 0.1) is 0 Å². The van der Waals surface area contributed by atoms with E-state index < -0.39 is 0 Å². The summed E-state index contributed by atoms with van der Waals surface area (Å²) >= 11 is 11.1. The Morgan fingerprint density at radius 2 is 2.29 bits per heavy atom.